The average Bonchev–Trinajstić information content (AvgIpc) is 2.27. The van der Waals surface area contributed by atoms with Gasteiger partial charge < -0.3 is 16.5 Å². The summed E-state index contributed by atoms with van der Waals surface area (Å²) in [6.07, 6.45) is 1.67. The van der Waals surface area contributed by atoms with Crippen LogP contribution in [0.5, 0.6) is 0 Å². The number of nitrogens with zero attached hydrogens (tertiary/aromatic N) is 2. The van der Waals surface area contributed by atoms with Gasteiger partial charge in [-0.3, -0.25) is 4.79 Å². The first-order valence-electron chi connectivity index (χ1n) is 5.31. The number of anilines is 1. The molecule has 0 aliphatic rings. The third-order valence-corrected chi connectivity index (χ3v) is 3.04. The van der Waals surface area contributed by atoms with Gasteiger partial charge in [0.1, 0.15) is 10.8 Å². The highest BCUT2D eigenvalue weighted by atomic mass is 32.2. The molecule has 7 heteroatoms. The number of nitrogens with one attached hydrogen (secondary N) is 1. The molecule has 5 N–H and O–H groups in total. The molecule has 0 bridgehead atoms. The minimum atomic E-state index is -0.284. The number of nitrogens with two attached hydrogens (primary N) is 2. The number of hydrogen-bond acceptors (Lipinski definition) is 6. The molecule has 0 spiro atoms. The van der Waals surface area contributed by atoms with Crippen LogP contribution in [0.25, 0.3) is 0 Å². The zero-order valence-corrected chi connectivity index (χ0v) is 10.6. The Labute approximate surface area is 108 Å². The van der Waals surface area contributed by atoms with Crippen LogP contribution in [0.3, 0.4) is 0 Å². The fourth-order valence-corrected chi connectivity index (χ4v) is 2.17. The summed E-state index contributed by atoms with van der Waals surface area (Å²) in [6.45, 7) is 1.89. The van der Waals surface area contributed by atoms with Gasteiger partial charge in [0.05, 0.1) is 0 Å². The van der Waals surface area contributed by atoms with Gasteiger partial charge in [-0.25, -0.2) is 9.97 Å². The second-order valence-corrected chi connectivity index (χ2v) is 4.80. The Kier molecular flexibility index (Phi) is 3.63. The number of H-pyrrole nitrogens is 1. The lowest BCUT2D eigenvalue weighted by atomic mass is 10.1. The van der Waals surface area contributed by atoms with Gasteiger partial charge in [-0.2, -0.15) is 0 Å². The molecule has 2 aromatic heterocycles. The van der Waals surface area contributed by atoms with Crippen molar-refractivity contribution in [2.75, 3.05) is 5.73 Å². The van der Waals surface area contributed by atoms with E-state index in [9.17, 15) is 4.79 Å². The minimum Gasteiger partial charge on any atom is -0.383 e. The Morgan fingerprint density at radius 3 is 2.89 bits per heavy atom. The Balaban J connectivity index is 2.28. The molecule has 0 fully saturated rings. The molecule has 94 valence electrons. The summed E-state index contributed by atoms with van der Waals surface area (Å²) < 4.78 is 0. The molecule has 18 heavy (non-hydrogen) atoms. The fraction of sp³-hybridized carbons (Fsp3) is 0.182. The molecule has 0 aromatic carbocycles. The zero-order chi connectivity index (χ0) is 13.1. The molecule has 2 aromatic rings. The smallest absolute Gasteiger partial charge is 0.253 e. The molecule has 0 saturated carbocycles. The average molecular weight is 263 g/mol. The van der Waals surface area contributed by atoms with Crippen LogP contribution in [0.15, 0.2) is 39.4 Å². The SMILES string of the molecule is C[C@@H](N)c1ccnc(Sc2nc(N)cc(=O)[nH]2)c1. The summed E-state index contributed by atoms with van der Waals surface area (Å²) in [4.78, 5) is 22.0. The minimum absolute atomic E-state index is 0.0693. The topological polar surface area (TPSA) is 111 Å². The van der Waals surface area contributed by atoms with E-state index in [1.54, 1.807) is 6.20 Å². The highest BCUT2D eigenvalue weighted by Gasteiger charge is 2.05. The first kappa shape index (κ1) is 12.6. The van der Waals surface area contributed by atoms with Crippen molar-refractivity contribution < 1.29 is 0 Å². The van der Waals surface area contributed by atoms with Gasteiger partial charge in [0.25, 0.3) is 5.56 Å². The van der Waals surface area contributed by atoms with Gasteiger partial charge in [-0.15, -0.1) is 0 Å². The van der Waals surface area contributed by atoms with Gasteiger partial charge in [-0.05, 0) is 36.4 Å². The molecule has 0 aliphatic heterocycles. The summed E-state index contributed by atoms with van der Waals surface area (Å²) in [5.74, 6) is 0.185. The second kappa shape index (κ2) is 5.19. The van der Waals surface area contributed by atoms with E-state index in [-0.39, 0.29) is 17.4 Å². The van der Waals surface area contributed by atoms with Crippen LogP contribution in [0.2, 0.25) is 0 Å². The van der Waals surface area contributed by atoms with Gasteiger partial charge in [-0.1, -0.05) is 0 Å². The van der Waals surface area contributed by atoms with Gasteiger partial charge in [0, 0.05) is 18.3 Å². The van der Waals surface area contributed by atoms with E-state index >= 15 is 0 Å². The maximum atomic E-state index is 11.2. The van der Waals surface area contributed by atoms with Crippen molar-refractivity contribution in [3.63, 3.8) is 0 Å². The van der Waals surface area contributed by atoms with Crippen LogP contribution in [0, 0.1) is 0 Å². The summed E-state index contributed by atoms with van der Waals surface area (Å²) in [5.41, 5.74) is 12.0. The number of aromatic amines is 1. The molecule has 6 nitrogen and oxygen atoms in total. The van der Waals surface area contributed by atoms with Gasteiger partial charge in [0.15, 0.2) is 5.16 Å². The van der Waals surface area contributed by atoms with Crippen LogP contribution in [0.4, 0.5) is 5.82 Å². The van der Waals surface area contributed by atoms with E-state index in [0.29, 0.717) is 10.2 Å². The Bertz CT molecular complexity index is 610. The number of pyridine rings is 1. The Morgan fingerprint density at radius 2 is 2.22 bits per heavy atom. The molecule has 0 radical (unpaired) electrons. The Hall–Kier alpha value is -1.86. The monoisotopic (exact) mass is 263 g/mol. The van der Waals surface area contributed by atoms with E-state index < -0.39 is 0 Å². The van der Waals surface area contributed by atoms with Crippen LogP contribution in [-0.4, -0.2) is 15.0 Å². The van der Waals surface area contributed by atoms with Crippen molar-refractivity contribution in [2.45, 2.75) is 23.1 Å². The molecule has 0 saturated heterocycles. The van der Waals surface area contributed by atoms with Crippen molar-refractivity contribution in [3.05, 3.63) is 40.3 Å². The molecule has 1 atom stereocenters. The quantitative estimate of drug-likeness (QED) is 0.710. The number of hydrogen-bond donors (Lipinski definition) is 3. The van der Waals surface area contributed by atoms with Crippen molar-refractivity contribution in [3.8, 4) is 0 Å². The first-order valence-corrected chi connectivity index (χ1v) is 6.12. The highest BCUT2D eigenvalue weighted by molar-refractivity contribution is 7.99. The zero-order valence-electron chi connectivity index (χ0n) is 9.75. The molecule has 2 heterocycles. The van der Waals surface area contributed by atoms with Crippen molar-refractivity contribution >= 4 is 17.6 Å². The first-order chi connectivity index (χ1) is 8.54. The summed E-state index contributed by atoms with van der Waals surface area (Å²) in [6, 6.07) is 4.87. The predicted octanol–water partition coefficient (Wildman–Crippen LogP) is 0.918. The van der Waals surface area contributed by atoms with Crippen LogP contribution in [-0.2, 0) is 0 Å². The standard InChI is InChI=1S/C11H13N5OS/c1-6(12)7-2-3-14-10(4-7)18-11-15-8(13)5-9(17)16-11/h2-6H,12H2,1H3,(H3,13,15,16,17)/t6-/m1/s1. The maximum Gasteiger partial charge on any atom is 0.253 e. The maximum absolute atomic E-state index is 11.2. The summed E-state index contributed by atoms with van der Waals surface area (Å²) >= 11 is 1.23. The molecular weight excluding hydrogens is 250 g/mol. The van der Waals surface area contributed by atoms with E-state index in [1.807, 2.05) is 19.1 Å². The number of rotatable bonds is 3. The van der Waals surface area contributed by atoms with Crippen LogP contribution in [0.1, 0.15) is 18.5 Å². The van der Waals surface area contributed by atoms with Crippen molar-refractivity contribution in [2.24, 2.45) is 5.73 Å². The van der Waals surface area contributed by atoms with Gasteiger partial charge >= 0.3 is 0 Å². The van der Waals surface area contributed by atoms with Crippen molar-refractivity contribution in [1.29, 1.82) is 0 Å². The van der Waals surface area contributed by atoms with E-state index in [4.69, 9.17) is 11.5 Å². The third kappa shape index (κ3) is 3.08. The lowest BCUT2D eigenvalue weighted by molar-refractivity contribution is 0.807. The lowest BCUT2D eigenvalue weighted by Gasteiger charge is -2.06. The normalized spacial score (nSPS) is 12.3. The van der Waals surface area contributed by atoms with E-state index in [2.05, 4.69) is 15.0 Å². The summed E-state index contributed by atoms with van der Waals surface area (Å²) in [5, 5.41) is 1.12. The molecule has 0 aliphatic carbocycles. The largest absolute Gasteiger partial charge is 0.383 e. The molecule has 0 unspecified atom stereocenters. The van der Waals surface area contributed by atoms with E-state index in [0.717, 1.165) is 5.56 Å². The van der Waals surface area contributed by atoms with Crippen LogP contribution < -0.4 is 17.0 Å². The molecule has 2 rings (SSSR count). The second-order valence-electron chi connectivity index (χ2n) is 3.79. The van der Waals surface area contributed by atoms with Crippen LogP contribution >= 0.6 is 11.8 Å². The van der Waals surface area contributed by atoms with Crippen molar-refractivity contribution in [1.82, 2.24) is 15.0 Å². The Morgan fingerprint density at radius 1 is 1.44 bits per heavy atom. The highest BCUT2D eigenvalue weighted by Crippen LogP contribution is 2.24. The lowest BCUT2D eigenvalue weighted by Crippen LogP contribution is -2.09. The molecular formula is C11H13N5OS. The number of nitrogen functional groups attached to an aromatic ring is 1. The predicted molar refractivity (Wildman–Crippen MR) is 70.2 cm³/mol. The molecule has 0 amide bonds. The third-order valence-electron chi connectivity index (χ3n) is 2.23. The summed E-state index contributed by atoms with van der Waals surface area (Å²) in [7, 11) is 0. The number of aromatic nitrogens is 3. The van der Waals surface area contributed by atoms with Gasteiger partial charge in [0.2, 0.25) is 0 Å². The fourth-order valence-electron chi connectivity index (χ4n) is 1.36. The van der Waals surface area contributed by atoms with E-state index in [1.165, 1.54) is 17.8 Å².